The summed E-state index contributed by atoms with van der Waals surface area (Å²) < 4.78 is 5.77. The molecule has 0 rings (SSSR count). The molecule has 0 aromatic rings. The third-order valence-corrected chi connectivity index (χ3v) is 7.05. The summed E-state index contributed by atoms with van der Waals surface area (Å²) >= 11 is 7.17. The number of hydrogen-bond donors (Lipinski definition) is 1. The van der Waals surface area contributed by atoms with E-state index >= 15 is 0 Å². The lowest BCUT2D eigenvalue weighted by atomic mass is 10.2. The molecule has 0 radical (unpaired) electrons. The quantitative estimate of drug-likeness (QED) is 0.418. The summed E-state index contributed by atoms with van der Waals surface area (Å²) in [6.07, 6.45) is 1.86. The molecule has 0 heterocycles. The van der Waals surface area contributed by atoms with Crippen molar-refractivity contribution < 1.29 is 4.52 Å². The lowest BCUT2D eigenvalue weighted by Crippen LogP contribution is -2.12. The smallest absolute Gasteiger partial charge is 0.211 e. The summed E-state index contributed by atoms with van der Waals surface area (Å²) in [5.74, 6) is 1.52. The average molecular weight is 282 g/mol. The number of nitrogens with one attached hydrogen (secondary N) is 1. The summed E-state index contributed by atoms with van der Waals surface area (Å²) in [6.45, 7) is 11.2. The Morgan fingerprint density at radius 3 is 2.50 bits per heavy atom. The van der Waals surface area contributed by atoms with Gasteiger partial charge in [-0.2, -0.15) is 0 Å². The van der Waals surface area contributed by atoms with E-state index in [0.29, 0.717) is 5.92 Å². The molecule has 0 bridgehead atoms. The molecule has 0 fully saturated rings. The van der Waals surface area contributed by atoms with Crippen molar-refractivity contribution in [1.82, 2.24) is 5.09 Å². The van der Waals surface area contributed by atoms with Crippen LogP contribution in [0.3, 0.4) is 0 Å². The summed E-state index contributed by atoms with van der Waals surface area (Å²) in [5.41, 5.74) is -1.98. The predicted molar refractivity (Wildman–Crippen MR) is 80.0 cm³/mol. The van der Waals surface area contributed by atoms with E-state index in [1.54, 1.807) is 17.7 Å². The van der Waals surface area contributed by atoms with Crippen molar-refractivity contribution in [3.8, 4) is 0 Å². The Bertz CT molecular complexity index is 257. The zero-order chi connectivity index (χ0) is 12.6. The average Bonchev–Trinajstić information content (AvgIpc) is 2.11. The first-order valence-corrected chi connectivity index (χ1v) is 9.89. The second kappa shape index (κ2) is 8.51. The van der Waals surface area contributed by atoms with Crippen LogP contribution >= 0.6 is 17.0 Å². The Hall–Kier alpha value is 0.430. The normalized spacial score (nSPS) is 15.9. The van der Waals surface area contributed by atoms with Gasteiger partial charge in [-0.1, -0.05) is 32.2 Å². The van der Waals surface area contributed by atoms with Crippen LogP contribution in [0.4, 0.5) is 0 Å². The van der Waals surface area contributed by atoms with E-state index in [1.165, 1.54) is 0 Å². The van der Waals surface area contributed by atoms with E-state index in [4.69, 9.17) is 16.3 Å². The molecule has 0 aliphatic heterocycles. The number of rotatable bonds is 8. The first kappa shape index (κ1) is 16.4. The van der Waals surface area contributed by atoms with Crippen molar-refractivity contribution in [2.24, 2.45) is 10.9 Å². The molecule has 96 valence electrons. The summed E-state index contributed by atoms with van der Waals surface area (Å²) in [7, 11) is 0. The van der Waals surface area contributed by atoms with Gasteiger partial charge < -0.3 is 9.61 Å². The Balaban J connectivity index is 4.22. The highest BCUT2D eigenvalue weighted by molar-refractivity contribution is 8.68. The molecule has 1 unspecified atom stereocenters. The van der Waals surface area contributed by atoms with E-state index in [2.05, 4.69) is 30.9 Å². The fourth-order valence-corrected chi connectivity index (χ4v) is 5.93. The second-order valence-electron chi connectivity index (χ2n) is 4.09. The molecule has 1 N–H and O–H groups in total. The van der Waals surface area contributed by atoms with E-state index in [-0.39, 0.29) is 6.10 Å². The molecule has 0 aliphatic rings. The van der Waals surface area contributed by atoms with Crippen LogP contribution in [0.5, 0.6) is 0 Å². The van der Waals surface area contributed by atoms with Crippen LogP contribution in [-0.4, -0.2) is 24.7 Å². The van der Waals surface area contributed by atoms with Gasteiger partial charge in [0, 0.05) is 6.54 Å². The minimum absolute atomic E-state index is 0.149. The standard InChI is InChI=1S/C10H23N2OPS2/c1-6-16-14(15,13-10(4)5)12-8-11-7-9(2)3/h8-10H,6-7H2,1-5H3,(H,11,12,15). The fraction of sp³-hybridized carbons (Fsp3) is 0.900. The molecular formula is C10H23N2OPS2. The van der Waals surface area contributed by atoms with Crippen LogP contribution in [0, 0.1) is 5.92 Å². The number of nitrogens with zero attached hydrogens (tertiary/aromatic N) is 1. The van der Waals surface area contributed by atoms with Crippen LogP contribution in [-0.2, 0) is 16.3 Å². The van der Waals surface area contributed by atoms with Gasteiger partial charge in [-0.05, 0) is 37.3 Å². The maximum Gasteiger partial charge on any atom is 0.211 e. The highest BCUT2D eigenvalue weighted by atomic mass is 32.9. The number of hydrogen-bond acceptors (Lipinski definition) is 4. The first-order valence-electron chi connectivity index (χ1n) is 5.58. The van der Waals surface area contributed by atoms with E-state index in [9.17, 15) is 0 Å². The Labute approximate surface area is 109 Å². The molecule has 16 heavy (non-hydrogen) atoms. The third kappa shape index (κ3) is 8.57. The Kier molecular flexibility index (Phi) is 8.74. The minimum atomic E-state index is -1.98. The van der Waals surface area contributed by atoms with Crippen molar-refractivity contribution in [2.45, 2.75) is 40.7 Å². The lowest BCUT2D eigenvalue weighted by Gasteiger charge is -2.22. The van der Waals surface area contributed by atoms with Crippen LogP contribution in [0.1, 0.15) is 34.6 Å². The molecule has 0 aliphatic carbocycles. The van der Waals surface area contributed by atoms with Gasteiger partial charge in [0.05, 0.1) is 12.4 Å². The zero-order valence-corrected chi connectivity index (χ0v) is 13.3. The zero-order valence-electron chi connectivity index (χ0n) is 10.8. The molecule has 0 aromatic heterocycles. The van der Waals surface area contributed by atoms with Crippen molar-refractivity contribution >= 4 is 35.1 Å². The van der Waals surface area contributed by atoms with E-state index < -0.39 is 5.62 Å². The van der Waals surface area contributed by atoms with Gasteiger partial charge in [0.25, 0.3) is 0 Å². The third-order valence-electron chi connectivity index (χ3n) is 1.43. The van der Waals surface area contributed by atoms with Gasteiger partial charge in [-0.3, -0.25) is 4.99 Å². The summed E-state index contributed by atoms with van der Waals surface area (Å²) in [4.78, 5) is 4.28. The highest BCUT2D eigenvalue weighted by Gasteiger charge is 2.17. The first-order chi connectivity index (χ1) is 7.39. The topological polar surface area (TPSA) is 33.6 Å². The summed E-state index contributed by atoms with van der Waals surface area (Å²) in [6, 6.07) is 0. The van der Waals surface area contributed by atoms with Gasteiger partial charge in [0.1, 0.15) is 0 Å². The van der Waals surface area contributed by atoms with Crippen molar-refractivity contribution in [1.29, 1.82) is 0 Å². The molecule has 0 saturated heterocycles. The second-order valence-corrected chi connectivity index (χ2v) is 10.9. The molecule has 1 atom stereocenters. The van der Waals surface area contributed by atoms with Crippen LogP contribution in [0.2, 0.25) is 0 Å². The van der Waals surface area contributed by atoms with Crippen LogP contribution in [0.15, 0.2) is 4.99 Å². The Morgan fingerprint density at radius 2 is 2.06 bits per heavy atom. The van der Waals surface area contributed by atoms with Crippen molar-refractivity contribution in [2.75, 3.05) is 12.3 Å². The van der Waals surface area contributed by atoms with Crippen LogP contribution < -0.4 is 5.09 Å². The highest BCUT2D eigenvalue weighted by Crippen LogP contribution is 2.56. The van der Waals surface area contributed by atoms with Crippen molar-refractivity contribution in [3.05, 3.63) is 0 Å². The van der Waals surface area contributed by atoms with Gasteiger partial charge in [-0.25, -0.2) is 0 Å². The molecule has 0 aromatic carbocycles. The van der Waals surface area contributed by atoms with E-state index in [1.807, 2.05) is 13.8 Å². The lowest BCUT2D eigenvalue weighted by molar-refractivity contribution is 0.274. The molecular weight excluding hydrogens is 259 g/mol. The maximum absolute atomic E-state index is 5.77. The van der Waals surface area contributed by atoms with E-state index in [0.717, 1.165) is 12.3 Å². The van der Waals surface area contributed by atoms with Crippen molar-refractivity contribution in [3.63, 3.8) is 0 Å². The monoisotopic (exact) mass is 282 g/mol. The fourth-order valence-electron chi connectivity index (χ4n) is 0.921. The molecule has 3 nitrogen and oxygen atoms in total. The Morgan fingerprint density at radius 1 is 1.44 bits per heavy atom. The maximum atomic E-state index is 5.77. The molecule has 0 saturated carbocycles. The number of aliphatic imine (C=N–C) groups is 1. The summed E-state index contributed by atoms with van der Waals surface area (Å²) in [5, 5.41) is 3.16. The van der Waals surface area contributed by atoms with Crippen LogP contribution in [0.25, 0.3) is 0 Å². The minimum Gasteiger partial charge on any atom is -0.324 e. The van der Waals surface area contributed by atoms with Gasteiger partial charge >= 0.3 is 0 Å². The predicted octanol–water partition coefficient (Wildman–Crippen LogP) is 3.66. The largest absolute Gasteiger partial charge is 0.324 e. The van der Waals surface area contributed by atoms with Gasteiger partial charge in [0.15, 0.2) is 0 Å². The van der Waals surface area contributed by atoms with Gasteiger partial charge in [-0.15, -0.1) is 0 Å². The van der Waals surface area contributed by atoms with Gasteiger partial charge in [0.2, 0.25) is 5.62 Å². The molecule has 0 spiro atoms. The SMILES string of the molecule is CCSP(=S)(NC=NCC(C)C)OC(C)C. The molecule has 0 amide bonds. The molecule has 6 heteroatoms.